The van der Waals surface area contributed by atoms with Crippen molar-refractivity contribution in [1.29, 1.82) is 0 Å². The zero-order valence-electron chi connectivity index (χ0n) is 10.7. The summed E-state index contributed by atoms with van der Waals surface area (Å²) in [6.07, 6.45) is 2.00. The van der Waals surface area contributed by atoms with Gasteiger partial charge in [0.25, 0.3) is 5.69 Å². The van der Waals surface area contributed by atoms with Crippen LogP contribution in [0.3, 0.4) is 0 Å². The van der Waals surface area contributed by atoms with Crippen molar-refractivity contribution in [3.8, 4) is 0 Å². The highest BCUT2D eigenvalue weighted by atomic mass is 35.5. The summed E-state index contributed by atoms with van der Waals surface area (Å²) in [6, 6.07) is 2.12. The predicted octanol–water partition coefficient (Wildman–Crippen LogP) is 2.98. The second-order valence-electron chi connectivity index (χ2n) is 4.69. The van der Waals surface area contributed by atoms with Crippen molar-refractivity contribution < 1.29 is 9.72 Å². The highest BCUT2D eigenvalue weighted by Gasteiger charge is 2.26. The van der Waals surface area contributed by atoms with E-state index in [0.717, 1.165) is 12.8 Å². The van der Waals surface area contributed by atoms with E-state index in [2.05, 4.69) is 10.6 Å². The Labute approximate surface area is 125 Å². The number of anilines is 1. The fourth-order valence-electron chi connectivity index (χ4n) is 1.64. The second kappa shape index (κ2) is 5.85. The van der Waals surface area contributed by atoms with E-state index in [1.165, 1.54) is 12.1 Å². The Hall–Kier alpha value is -1.53. The Bertz CT molecular complexity index is 538. The van der Waals surface area contributed by atoms with Crippen LogP contribution < -0.4 is 10.6 Å². The number of amides is 1. The SMILES string of the molecule is CC(Nc1c(Cl)cc([N+](=O)[O-])cc1Cl)C(=O)NC1CC1. The van der Waals surface area contributed by atoms with Gasteiger partial charge < -0.3 is 10.6 Å². The zero-order chi connectivity index (χ0) is 14.9. The van der Waals surface area contributed by atoms with E-state index in [9.17, 15) is 14.9 Å². The van der Waals surface area contributed by atoms with Gasteiger partial charge in [-0.25, -0.2) is 0 Å². The molecule has 8 heteroatoms. The van der Waals surface area contributed by atoms with Gasteiger partial charge in [0, 0.05) is 18.2 Å². The predicted molar refractivity (Wildman–Crippen MR) is 77.4 cm³/mol. The van der Waals surface area contributed by atoms with Crippen LogP contribution >= 0.6 is 23.2 Å². The van der Waals surface area contributed by atoms with Crippen molar-refractivity contribution in [1.82, 2.24) is 5.32 Å². The summed E-state index contributed by atoms with van der Waals surface area (Å²) >= 11 is 11.9. The van der Waals surface area contributed by atoms with Gasteiger partial charge in [0.05, 0.1) is 20.7 Å². The van der Waals surface area contributed by atoms with Crippen LogP contribution in [0.4, 0.5) is 11.4 Å². The monoisotopic (exact) mass is 317 g/mol. The minimum atomic E-state index is -0.579. The summed E-state index contributed by atoms with van der Waals surface area (Å²) in [4.78, 5) is 21.9. The number of hydrogen-bond donors (Lipinski definition) is 2. The number of nitrogens with zero attached hydrogens (tertiary/aromatic N) is 1. The first-order valence-corrected chi connectivity index (χ1v) is 6.84. The largest absolute Gasteiger partial charge is 0.371 e. The van der Waals surface area contributed by atoms with Gasteiger partial charge in [-0.15, -0.1) is 0 Å². The van der Waals surface area contributed by atoms with Crippen LogP contribution in [0, 0.1) is 10.1 Å². The highest BCUT2D eigenvalue weighted by molar-refractivity contribution is 6.39. The van der Waals surface area contributed by atoms with Crippen LogP contribution in [0.2, 0.25) is 10.0 Å². The second-order valence-corrected chi connectivity index (χ2v) is 5.50. The number of nitro groups is 1. The molecule has 2 N–H and O–H groups in total. The lowest BCUT2D eigenvalue weighted by atomic mass is 10.2. The molecule has 0 radical (unpaired) electrons. The molecule has 1 fully saturated rings. The molecule has 1 aromatic carbocycles. The molecule has 1 unspecified atom stereocenters. The average molecular weight is 318 g/mol. The number of carbonyl (C=O) groups is 1. The summed E-state index contributed by atoms with van der Waals surface area (Å²) < 4.78 is 0. The molecule has 1 amide bonds. The van der Waals surface area contributed by atoms with E-state index < -0.39 is 11.0 Å². The Morgan fingerprint density at radius 2 is 1.95 bits per heavy atom. The molecule has 1 saturated carbocycles. The summed E-state index contributed by atoms with van der Waals surface area (Å²) in [5, 5.41) is 16.6. The fraction of sp³-hybridized carbons (Fsp3) is 0.417. The van der Waals surface area contributed by atoms with Crippen LogP contribution in [0.5, 0.6) is 0 Å². The minimum Gasteiger partial charge on any atom is -0.371 e. The van der Waals surface area contributed by atoms with Crippen LogP contribution in [-0.2, 0) is 4.79 Å². The normalized spacial score (nSPS) is 15.6. The molecule has 1 aliphatic carbocycles. The summed E-state index contributed by atoms with van der Waals surface area (Å²) in [5.41, 5.74) is 0.123. The molecular weight excluding hydrogens is 305 g/mol. The first-order valence-electron chi connectivity index (χ1n) is 6.09. The molecule has 2 rings (SSSR count). The molecule has 1 atom stereocenters. The summed E-state index contributed by atoms with van der Waals surface area (Å²) in [6.45, 7) is 1.67. The Kier molecular flexibility index (Phi) is 4.35. The quantitative estimate of drug-likeness (QED) is 0.646. The lowest BCUT2D eigenvalue weighted by molar-refractivity contribution is -0.384. The lowest BCUT2D eigenvalue weighted by Crippen LogP contribution is -2.38. The van der Waals surface area contributed by atoms with E-state index in [1.54, 1.807) is 6.92 Å². The van der Waals surface area contributed by atoms with Gasteiger partial charge in [0.2, 0.25) is 5.91 Å². The first-order chi connectivity index (χ1) is 9.38. The molecule has 0 aromatic heterocycles. The average Bonchev–Trinajstić information content (AvgIpc) is 3.16. The van der Waals surface area contributed by atoms with Crippen molar-refractivity contribution in [2.45, 2.75) is 31.8 Å². The van der Waals surface area contributed by atoms with E-state index in [0.29, 0.717) is 5.69 Å². The van der Waals surface area contributed by atoms with Gasteiger partial charge in [-0.3, -0.25) is 14.9 Å². The molecule has 6 nitrogen and oxygen atoms in total. The first kappa shape index (κ1) is 14.9. The van der Waals surface area contributed by atoms with Crippen LogP contribution in [0.25, 0.3) is 0 Å². The Balaban J connectivity index is 2.11. The smallest absolute Gasteiger partial charge is 0.272 e. The number of rotatable bonds is 5. The van der Waals surface area contributed by atoms with Crippen molar-refractivity contribution in [2.24, 2.45) is 0 Å². The van der Waals surface area contributed by atoms with E-state index in [-0.39, 0.29) is 27.7 Å². The molecule has 0 saturated heterocycles. The van der Waals surface area contributed by atoms with Gasteiger partial charge in [0.15, 0.2) is 0 Å². The molecule has 0 aliphatic heterocycles. The molecule has 20 heavy (non-hydrogen) atoms. The van der Waals surface area contributed by atoms with E-state index in [4.69, 9.17) is 23.2 Å². The number of nitro benzene ring substituents is 1. The van der Waals surface area contributed by atoms with Gasteiger partial charge in [0.1, 0.15) is 6.04 Å². The number of carbonyl (C=O) groups excluding carboxylic acids is 1. The number of non-ortho nitro benzene ring substituents is 1. The van der Waals surface area contributed by atoms with Gasteiger partial charge in [-0.2, -0.15) is 0 Å². The number of halogens is 2. The lowest BCUT2D eigenvalue weighted by Gasteiger charge is -2.17. The van der Waals surface area contributed by atoms with Gasteiger partial charge >= 0.3 is 0 Å². The van der Waals surface area contributed by atoms with Crippen molar-refractivity contribution in [2.75, 3.05) is 5.32 Å². The van der Waals surface area contributed by atoms with Crippen LogP contribution in [-0.4, -0.2) is 22.9 Å². The van der Waals surface area contributed by atoms with E-state index in [1.807, 2.05) is 0 Å². The van der Waals surface area contributed by atoms with Crippen LogP contribution in [0.15, 0.2) is 12.1 Å². The third-order valence-corrected chi connectivity index (χ3v) is 3.51. The zero-order valence-corrected chi connectivity index (χ0v) is 12.2. The molecule has 1 aliphatic rings. The molecule has 0 spiro atoms. The molecule has 0 heterocycles. The Morgan fingerprint density at radius 3 is 2.40 bits per heavy atom. The van der Waals surface area contributed by atoms with Crippen molar-refractivity contribution >= 4 is 40.5 Å². The van der Waals surface area contributed by atoms with E-state index >= 15 is 0 Å². The standard InChI is InChI=1S/C12H13Cl2N3O3/c1-6(12(18)16-7-2-3-7)15-11-9(13)4-8(17(19)20)5-10(11)14/h4-7,15H,2-3H2,1H3,(H,16,18). The van der Waals surface area contributed by atoms with Crippen molar-refractivity contribution in [3.63, 3.8) is 0 Å². The number of nitrogens with one attached hydrogen (secondary N) is 2. The maximum Gasteiger partial charge on any atom is 0.272 e. The molecule has 0 bridgehead atoms. The Morgan fingerprint density at radius 1 is 1.40 bits per heavy atom. The highest BCUT2D eigenvalue weighted by Crippen LogP contribution is 2.35. The maximum absolute atomic E-state index is 11.8. The topological polar surface area (TPSA) is 84.3 Å². The third-order valence-electron chi connectivity index (χ3n) is 2.92. The fourth-order valence-corrected chi connectivity index (χ4v) is 2.22. The maximum atomic E-state index is 11.8. The third kappa shape index (κ3) is 3.52. The van der Waals surface area contributed by atoms with Crippen molar-refractivity contribution in [3.05, 3.63) is 32.3 Å². The summed E-state index contributed by atoms with van der Waals surface area (Å²) in [7, 11) is 0. The molecule has 1 aromatic rings. The van der Waals surface area contributed by atoms with Crippen LogP contribution in [0.1, 0.15) is 19.8 Å². The van der Waals surface area contributed by atoms with Gasteiger partial charge in [-0.05, 0) is 19.8 Å². The molecular formula is C12H13Cl2N3O3. The number of hydrogen-bond acceptors (Lipinski definition) is 4. The molecule has 108 valence electrons. The van der Waals surface area contributed by atoms with Gasteiger partial charge in [-0.1, -0.05) is 23.2 Å². The summed E-state index contributed by atoms with van der Waals surface area (Å²) in [5.74, 6) is -0.155. The minimum absolute atomic E-state index is 0.107. The number of benzene rings is 1.